The molecule has 1 saturated heterocycles. The minimum atomic E-state index is -0.786. The summed E-state index contributed by atoms with van der Waals surface area (Å²) in [5.74, 6) is -2.46. The van der Waals surface area contributed by atoms with E-state index in [9.17, 15) is 19.6 Å². The van der Waals surface area contributed by atoms with Crippen LogP contribution >= 0.6 is 0 Å². The number of benzene rings is 1. The Bertz CT molecular complexity index is 705. The van der Waals surface area contributed by atoms with Gasteiger partial charge in [-0.15, -0.1) is 0 Å². The number of allylic oxidation sites excluding steroid dienone is 1. The highest BCUT2D eigenvalue weighted by molar-refractivity contribution is 5.88. The Morgan fingerprint density at radius 3 is 2.50 bits per heavy atom. The quantitative estimate of drug-likeness (QED) is 0.444. The zero-order valence-corrected chi connectivity index (χ0v) is 16.1. The van der Waals surface area contributed by atoms with E-state index in [0.29, 0.717) is 6.42 Å². The topological polar surface area (TPSA) is 108 Å². The highest BCUT2D eigenvalue weighted by Gasteiger charge is 2.35. The lowest BCUT2D eigenvalue weighted by atomic mass is 9.82. The number of hydrazine groups is 1. The van der Waals surface area contributed by atoms with E-state index in [4.69, 9.17) is 4.74 Å². The molecule has 152 valence electrons. The van der Waals surface area contributed by atoms with Gasteiger partial charge in [0.1, 0.15) is 6.61 Å². The van der Waals surface area contributed by atoms with E-state index in [0.717, 1.165) is 10.6 Å². The first-order chi connectivity index (χ1) is 13.4. The molecule has 1 aromatic carbocycles. The molecule has 0 spiro atoms. The van der Waals surface area contributed by atoms with Gasteiger partial charge in [-0.3, -0.25) is 20.2 Å². The van der Waals surface area contributed by atoms with Gasteiger partial charge in [0.05, 0.1) is 18.4 Å². The molecule has 8 heteroatoms. The van der Waals surface area contributed by atoms with E-state index >= 15 is 0 Å². The summed E-state index contributed by atoms with van der Waals surface area (Å²) >= 11 is 0. The maximum atomic E-state index is 12.8. The van der Waals surface area contributed by atoms with Crippen LogP contribution in [0.2, 0.25) is 0 Å². The fourth-order valence-corrected chi connectivity index (χ4v) is 3.12. The van der Waals surface area contributed by atoms with Crippen molar-refractivity contribution >= 4 is 24.0 Å². The van der Waals surface area contributed by atoms with Crippen molar-refractivity contribution in [2.45, 2.75) is 26.7 Å². The van der Waals surface area contributed by atoms with E-state index in [1.807, 2.05) is 50.3 Å². The Morgan fingerprint density at radius 2 is 1.93 bits per heavy atom. The molecule has 0 aromatic heterocycles. The zero-order valence-electron chi connectivity index (χ0n) is 16.1. The maximum absolute atomic E-state index is 12.8. The van der Waals surface area contributed by atoms with E-state index in [2.05, 4.69) is 5.43 Å². The number of carbonyl (C=O) groups excluding carboxylic acids is 3. The molecule has 1 unspecified atom stereocenters. The van der Waals surface area contributed by atoms with Crippen LogP contribution in [0.5, 0.6) is 0 Å². The van der Waals surface area contributed by atoms with Gasteiger partial charge in [0.2, 0.25) is 11.8 Å². The van der Waals surface area contributed by atoms with Gasteiger partial charge < -0.3 is 4.74 Å². The predicted molar refractivity (Wildman–Crippen MR) is 103 cm³/mol. The number of nitrogens with one attached hydrogen (secondary N) is 2. The van der Waals surface area contributed by atoms with Crippen LogP contribution in [-0.2, 0) is 14.3 Å². The molecule has 3 amide bonds. The molecule has 8 nitrogen and oxygen atoms in total. The highest BCUT2D eigenvalue weighted by Crippen LogP contribution is 2.25. The number of ether oxygens (including phenoxy) is 1. The third kappa shape index (κ3) is 6.09. The lowest BCUT2D eigenvalue weighted by Gasteiger charge is -2.27. The molecule has 1 aliphatic heterocycles. The number of cyclic esters (lactones) is 1. The molecule has 0 aliphatic carbocycles. The zero-order chi connectivity index (χ0) is 20.5. The minimum Gasteiger partial charge on any atom is -0.446 e. The second kappa shape index (κ2) is 10.5. The first-order valence-corrected chi connectivity index (χ1v) is 9.32. The molecule has 1 heterocycles. The van der Waals surface area contributed by atoms with Crippen molar-refractivity contribution < 1.29 is 24.3 Å². The summed E-state index contributed by atoms with van der Waals surface area (Å²) in [4.78, 5) is 36.7. The summed E-state index contributed by atoms with van der Waals surface area (Å²) in [5, 5.41) is 10.3. The fourth-order valence-electron chi connectivity index (χ4n) is 3.12. The van der Waals surface area contributed by atoms with Crippen LogP contribution in [-0.4, -0.2) is 41.3 Å². The Kier molecular flexibility index (Phi) is 8.01. The molecule has 1 aromatic rings. The minimum absolute atomic E-state index is 0.133. The normalized spacial score (nSPS) is 16.1. The molecule has 1 fully saturated rings. The van der Waals surface area contributed by atoms with Crippen LogP contribution in [0.3, 0.4) is 0 Å². The highest BCUT2D eigenvalue weighted by atomic mass is 16.6. The van der Waals surface area contributed by atoms with E-state index in [1.165, 1.54) is 0 Å². The third-order valence-electron chi connectivity index (χ3n) is 4.50. The number of hydrogen-bond acceptors (Lipinski definition) is 5. The van der Waals surface area contributed by atoms with Gasteiger partial charge in [0, 0.05) is 0 Å². The summed E-state index contributed by atoms with van der Waals surface area (Å²) in [6, 6.07) is 9.57. The van der Waals surface area contributed by atoms with Crippen LogP contribution in [0.25, 0.3) is 6.08 Å². The van der Waals surface area contributed by atoms with Crippen LogP contribution in [0, 0.1) is 17.8 Å². The smallest absolute Gasteiger partial charge is 0.428 e. The Morgan fingerprint density at radius 1 is 1.21 bits per heavy atom. The van der Waals surface area contributed by atoms with Crippen LogP contribution in [0.1, 0.15) is 32.3 Å². The summed E-state index contributed by atoms with van der Waals surface area (Å²) < 4.78 is 4.81. The third-order valence-corrected chi connectivity index (χ3v) is 4.50. The van der Waals surface area contributed by atoms with Crippen LogP contribution < -0.4 is 10.9 Å². The van der Waals surface area contributed by atoms with Crippen molar-refractivity contribution in [3.63, 3.8) is 0 Å². The summed E-state index contributed by atoms with van der Waals surface area (Å²) in [7, 11) is 0. The first kappa shape index (κ1) is 21.4. The molecular weight excluding hydrogens is 362 g/mol. The largest absolute Gasteiger partial charge is 0.446 e. The molecule has 2 rings (SSSR count). The monoisotopic (exact) mass is 389 g/mol. The number of rotatable bonds is 9. The maximum Gasteiger partial charge on any atom is 0.428 e. The Labute approximate surface area is 164 Å². The average molecular weight is 389 g/mol. The van der Waals surface area contributed by atoms with Gasteiger partial charge in [-0.25, -0.2) is 15.3 Å². The predicted octanol–water partition coefficient (Wildman–Crippen LogP) is 2.36. The van der Waals surface area contributed by atoms with Gasteiger partial charge in [0.15, 0.2) is 0 Å². The molecule has 28 heavy (non-hydrogen) atoms. The molecule has 2 atom stereocenters. The SMILES string of the molecule is CC(C)CC(C(=O)NN1CCOC1=O)[C@@H](C/C=C\c1ccccc1)C(=O)NO. The van der Waals surface area contributed by atoms with Gasteiger partial charge in [-0.1, -0.05) is 56.3 Å². The second-order valence-corrected chi connectivity index (χ2v) is 7.11. The van der Waals surface area contributed by atoms with Gasteiger partial charge in [-0.05, 0) is 24.3 Å². The number of carbonyl (C=O) groups is 3. The second-order valence-electron chi connectivity index (χ2n) is 7.11. The summed E-state index contributed by atoms with van der Waals surface area (Å²) in [6.07, 6.45) is 3.73. The van der Waals surface area contributed by atoms with Crippen molar-refractivity contribution in [2.24, 2.45) is 17.8 Å². The molecular formula is C20H27N3O5. The number of nitrogens with zero attached hydrogens (tertiary/aromatic N) is 1. The summed E-state index contributed by atoms with van der Waals surface area (Å²) in [5.41, 5.74) is 5.17. The molecule has 0 bridgehead atoms. The number of hydroxylamine groups is 1. The fraction of sp³-hybridized carbons (Fsp3) is 0.450. The molecule has 0 radical (unpaired) electrons. The van der Waals surface area contributed by atoms with Gasteiger partial charge in [0.25, 0.3) is 0 Å². The molecule has 3 N–H and O–H groups in total. The van der Waals surface area contributed by atoms with Gasteiger partial charge in [-0.2, -0.15) is 0 Å². The van der Waals surface area contributed by atoms with Crippen LogP contribution in [0.15, 0.2) is 36.4 Å². The Hall–Kier alpha value is -2.87. The lowest BCUT2D eigenvalue weighted by Crippen LogP contribution is -2.49. The van der Waals surface area contributed by atoms with E-state index < -0.39 is 29.7 Å². The Balaban J connectivity index is 2.15. The van der Waals surface area contributed by atoms with Crippen molar-refractivity contribution in [1.29, 1.82) is 0 Å². The van der Waals surface area contributed by atoms with E-state index in [-0.39, 0.29) is 25.5 Å². The van der Waals surface area contributed by atoms with Gasteiger partial charge >= 0.3 is 6.09 Å². The standard InChI is InChI=1S/C20H27N3O5/c1-14(2)13-17(18(24)21-23-11-12-28-20(23)26)16(19(25)22-27)10-6-9-15-7-4-3-5-8-15/h3-9,14,16-17,27H,10-13H2,1-2H3,(H,21,24)(H,22,25)/b9-6-/t16-,17?/m1/s1. The number of amides is 3. The van der Waals surface area contributed by atoms with Crippen molar-refractivity contribution in [2.75, 3.05) is 13.2 Å². The first-order valence-electron chi connectivity index (χ1n) is 9.32. The van der Waals surface area contributed by atoms with Crippen molar-refractivity contribution in [3.8, 4) is 0 Å². The van der Waals surface area contributed by atoms with E-state index in [1.54, 1.807) is 11.6 Å². The number of hydrogen-bond donors (Lipinski definition) is 3. The van der Waals surface area contributed by atoms with Crippen molar-refractivity contribution in [1.82, 2.24) is 15.9 Å². The molecule has 0 saturated carbocycles. The van der Waals surface area contributed by atoms with Crippen LogP contribution in [0.4, 0.5) is 4.79 Å². The molecule has 1 aliphatic rings. The lowest BCUT2D eigenvalue weighted by molar-refractivity contribution is -0.142. The summed E-state index contributed by atoms with van der Waals surface area (Å²) in [6.45, 7) is 4.34. The average Bonchev–Trinajstić information content (AvgIpc) is 3.08. The van der Waals surface area contributed by atoms with Crippen molar-refractivity contribution in [3.05, 3.63) is 42.0 Å².